The molecule has 1 heterocycles. The molecule has 50 heavy (non-hydrogen) atoms. The highest BCUT2D eigenvalue weighted by Gasteiger charge is 2.44. The molecule has 0 N–H and O–H groups in total. The first kappa shape index (κ1) is 36.5. The molecule has 0 saturated carbocycles. The third-order valence-corrected chi connectivity index (χ3v) is 8.54. The zero-order valence-corrected chi connectivity index (χ0v) is 26.7. The van der Waals surface area contributed by atoms with Crippen LogP contribution >= 0.6 is 0 Å². The lowest BCUT2D eigenvalue weighted by Crippen LogP contribution is -2.45. The van der Waals surface area contributed by atoms with Crippen LogP contribution in [-0.4, -0.2) is 24.5 Å². The van der Waals surface area contributed by atoms with E-state index in [4.69, 9.17) is 9.73 Å². The highest BCUT2D eigenvalue weighted by molar-refractivity contribution is 6.13. The maximum Gasteiger partial charge on any atom is 0.416 e. The number of aliphatic imine (C=N–C) groups is 1. The lowest BCUT2D eigenvalue weighted by atomic mass is 9.77. The monoisotopic (exact) mass is 706 g/mol. The summed E-state index contributed by atoms with van der Waals surface area (Å²) < 4.78 is 133. The normalized spacial score (nSPS) is 17.1. The lowest BCUT2D eigenvalue weighted by molar-refractivity contribution is -0.143. The minimum Gasteiger partial charge on any atom is -0.449 e. The summed E-state index contributed by atoms with van der Waals surface area (Å²) in [7, 11) is 0. The molecule has 0 aliphatic carbocycles. The molecule has 4 nitrogen and oxygen atoms in total. The number of hydrogen-bond donors (Lipinski definition) is 0. The smallest absolute Gasteiger partial charge is 0.416 e. The molecule has 264 valence electrons. The van der Waals surface area contributed by atoms with E-state index in [9.17, 15) is 44.3 Å². The maximum atomic E-state index is 14.2. The van der Waals surface area contributed by atoms with Crippen molar-refractivity contribution in [3.8, 4) is 0 Å². The van der Waals surface area contributed by atoms with Gasteiger partial charge in [-0.1, -0.05) is 67.6 Å². The van der Waals surface area contributed by atoms with E-state index >= 15 is 0 Å². The van der Waals surface area contributed by atoms with Crippen molar-refractivity contribution in [2.75, 3.05) is 11.5 Å². The highest BCUT2D eigenvalue weighted by Crippen LogP contribution is 2.50. The molecule has 4 aromatic rings. The lowest BCUT2D eigenvalue weighted by Gasteiger charge is -2.42. The van der Waals surface area contributed by atoms with Gasteiger partial charge in [-0.3, -0.25) is 9.89 Å². The average Bonchev–Trinajstić information content (AvgIpc) is 3.07. The highest BCUT2D eigenvalue weighted by atomic mass is 19.4. The van der Waals surface area contributed by atoms with Gasteiger partial charge in [0.15, 0.2) is 0 Å². The van der Waals surface area contributed by atoms with E-state index in [-0.39, 0.29) is 42.5 Å². The van der Waals surface area contributed by atoms with Crippen molar-refractivity contribution < 1.29 is 49.0 Å². The number of anilines is 1. The Morgan fingerprint density at radius 2 is 1.26 bits per heavy atom. The number of rotatable bonds is 7. The van der Waals surface area contributed by atoms with Crippen molar-refractivity contribution in [3.63, 3.8) is 0 Å². The Hall–Kier alpha value is -4.81. The second-order valence-electron chi connectivity index (χ2n) is 11.7. The van der Waals surface area contributed by atoms with E-state index in [0.717, 1.165) is 18.2 Å². The summed E-state index contributed by atoms with van der Waals surface area (Å²) >= 11 is 0. The number of hydrogen-bond acceptors (Lipinski definition) is 3. The number of halogens is 9. The number of amides is 1. The molecular formula is C37H31F9N2O2. The van der Waals surface area contributed by atoms with Crippen molar-refractivity contribution >= 4 is 17.5 Å². The Labute approximate surface area is 282 Å². The van der Waals surface area contributed by atoms with Crippen LogP contribution in [0.2, 0.25) is 0 Å². The molecule has 5 rings (SSSR count). The zero-order valence-electron chi connectivity index (χ0n) is 26.7. The summed E-state index contributed by atoms with van der Waals surface area (Å²) in [6.45, 7) is 3.19. The Morgan fingerprint density at radius 3 is 1.72 bits per heavy atom. The van der Waals surface area contributed by atoms with Gasteiger partial charge in [0.05, 0.1) is 40.7 Å². The molecule has 0 spiro atoms. The minimum atomic E-state index is -5.20. The molecular weight excluding hydrogens is 675 g/mol. The number of ether oxygens (including phenoxy) is 1. The van der Waals surface area contributed by atoms with E-state index in [1.54, 1.807) is 74.5 Å². The Bertz CT molecular complexity index is 1760. The molecule has 1 amide bonds. The SMILES string of the molecule is CCOC(=O)N1c2ccc(C(F)(F)F)cc2C([C@@H](N=C(c2ccccc2)c2ccccc2)c2cc(C(F)(F)F)cc(C(F)(F)F)c2)C[C@H]1CC. The van der Waals surface area contributed by atoms with Crippen LogP contribution in [-0.2, 0) is 23.3 Å². The molecule has 1 unspecified atom stereocenters. The van der Waals surface area contributed by atoms with E-state index in [1.165, 1.54) is 4.90 Å². The van der Waals surface area contributed by atoms with Crippen molar-refractivity contribution in [1.82, 2.24) is 0 Å². The predicted molar refractivity (Wildman–Crippen MR) is 170 cm³/mol. The fourth-order valence-corrected chi connectivity index (χ4v) is 6.25. The Kier molecular flexibility index (Phi) is 10.4. The molecule has 0 radical (unpaired) electrons. The molecule has 0 saturated heterocycles. The summed E-state index contributed by atoms with van der Waals surface area (Å²) in [5.74, 6) is -1.23. The summed E-state index contributed by atoms with van der Waals surface area (Å²) in [6, 6.07) is 18.1. The third-order valence-electron chi connectivity index (χ3n) is 8.54. The van der Waals surface area contributed by atoms with Gasteiger partial charge in [0, 0.05) is 23.1 Å². The van der Waals surface area contributed by atoms with Gasteiger partial charge in [0.2, 0.25) is 0 Å². The quantitative estimate of drug-likeness (QED) is 0.142. The summed E-state index contributed by atoms with van der Waals surface area (Å²) in [5, 5.41) is 0. The van der Waals surface area contributed by atoms with Crippen LogP contribution in [0.3, 0.4) is 0 Å². The molecule has 0 aromatic heterocycles. The number of carbonyl (C=O) groups excluding carboxylic acids is 1. The van der Waals surface area contributed by atoms with Gasteiger partial charge < -0.3 is 4.74 Å². The molecule has 0 fully saturated rings. The summed E-state index contributed by atoms with van der Waals surface area (Å²) in [4.78, 5) is 19.3. The largest absolute Gasteiger partial charge is 0.449 e. The molecule has 13 heteroatoms. The Morgan fingerprint density at radius 1 is 0.740 bits per heavy atom. The van der Waals surface area contributed by atoms with E-state index in [2.05, 4.69) is 0 Å². The van der Waals surface area contributed by atoms with Crippen LogP contribution in [0.25, 0.3) is 0 Å². The van der Waals surface area contributed by atoms with E-state index in [1.807, 2.05) is 0 Å². The maximum absolute atomic E-state index is 14.2. The van der Waals surface area contributed by atoms with Gasteiger partial charge >= 0.3 is 24.6 Å². The summed E-state index contributed by atoms with van der Waals surface area (Å²) in [6.07, 6.45) is -16.1. The average molecular weight is 707 g/mol. The van der Waals surface area contributed by atoms with Gasteiger partial charge in [-0.15, -0.1) is 0 Å². The number of fused-ring (bicyclic) bond motifs is 1. The predicted octanol–water partition coefficient (Wildman–Crippen LogP) is 11.3. The van der Waals surface area contributed by atoms with Gasteiger partial charge in [-0.25, -0.2) is 4.79 Å². The van der Waals surface area contributed by atoms with Crippen LogP contribution in [0, 0.1) is 0 Å². The van der Waals surface area contributed by atoms with Gasteiger partial charge in [-0.2, -0.15) is 39.5 Å². The van der Waals surface area contributed by atoms with Crippen molar-refractivity contribution in [1.29, 1.82) is 0 Å². The molecule has 4 aromatic carbocycles. The minimum absolute atomic E-state index is 0.00646. The first-order valence-electron chi connectivity index (χ1n) is 15.7. The molecule has 1 aliphatic heterocycles. The van der Waals surface area contributed by atoms with Gasteiger partial charge in [0.25, 0.3) is 0 Å². The second-order valence-corrected chi connectivity index (χ2v) is 11.7. The number of carbonyl (C=O) groups is 1. The number of alkyl halides is 9. The first-order valence-corrected chi connectivity index (χ1v) is 15.7. The van der Waals surface area contributed by atoms with Crippen LogP contribution < -0.4 is 4.90 Å². The number of nitrogens with zero attached hydrogens (tertiary/aromatic N) is 2. The van der Waals surface area contributed by atoms with Gasteiger partial charge in [-0.05, 0) is 67.3 Å². The molecule has 1 aliphatic rings. The fraction of sp³-hybridized carbons (Fsp3) is 0.297. The summed E-state index contributed by atoms with van der Waals surface area (Å²) in [5.41, 5.74) is -3.83. The van der Waals surface area contributed by atoms with Crippen LogP contribution in [0.5, 0.6) is 0 Å². The molecule has 3 atom stereocenters. The van der Waals surface area contributed by atoms with Crippen LogP contribution in [0.15, 0.2) is 102 Å². The zero-order chi connectivity index (χ0) is 36.4. The fourth-order valence-electron chi connectivity index (χ4n) is 6.25. The standard InChI is InChI=1S/C37H31F9N2O2/c1-3-28-21-30(29-20-25(35(38,39)40)15-16-31(29)48(28)34(49)50-4-2)33(24-17-26(36(41,42)43)19-27(18-24)37(44,45)46)47-32(22-11-7-5-8-12-22)23-13-9-6-10-14-23/h5-20,28,30,33H,3-4,21H2,1-2H3/t28-,30?,33+/m1/s1. The van der Waals surface area contributed by atoms with E-state index in [0.29, 0.717) is 23.3 Å². The van der Waals surface area contributed by atoms with Gasteiger partial charge in [0.1, 0.15) is 0 Å². The first-order chi connectivity index (χ1) is 23.5. The van der Waals surface area contributed by atoms with Crippen LogP contribution in [0.1, 0.15) is 77.6 Å². The van der Waals surface area contributed by atoms with Crippen LogP contribution in [0.4, 0.5) is 50.0 Å². The number of benzene rings is 4. The van der Waals surface area contributed by atoms with Crippen molar-refractivity contribution in [2.45, 2.75) is 63.2 Å². The third kappa shape index (κ3) is 7.81. The van der Waals surface area contributed by atoms with Crippen molar-refractivity contribution in [2.24, 2.45) is 4.99 Å². The molecule has 0 bridgehead atoms. The van der Waals surface area contributed by atoms with Crippen molar-refractivity contribution in [3.05, 3.63) is 136 Å². The topological polar surface area (TPSA) is 41.9 Å². The van der Waals surface area contributed by atoms with E-state index < -0.39 is 64.9 Å². The Balaban J connectivity index is 1.89. The second kappa shape index (κ2) is 14.2.